The number of H-pyrrole nitrogens is 1. The van der Waals surface area contributed by atoms with Crippen LogP contribution in [0, 0.1) is 0 Å². The Hall–Kier alpha value is -2.37. The first-order chi connectivity index (χ1) is 8.25. The van der Waals surface area contributed by atoms with Crippen molar-refractivity contribution in [3.05, 3.63) is 41.7 Å². The second-order valence-corrected chi connectivity index (χ2v) is 3.53. The summed E-state index contributed by atoms with van der Waals surface area (Å²) in [7, 11) is 0. The van der Waals surface area contributed by atoms with Gasteiger partial charge in [0.05, 0.1) is 6.20 Å². The molecule has 0 saturated heterocycles. The minimum atomic E-state index is -0.252. The Bertz CT molecular complexity index is 479. The van der Waals surface area contributed by atoms with Gasteiger partial charge >= 0.3 is 0 Å². The number of carbonyl (C=O) groups is 1. The van der Waals surface area contributed by atoms with E-state index in [0.29, 0.717) is 13.0 Å². The molecule has 1 aromatic carbocycles. The molecule has 17 heavy (non-hydrogen) atoms. The third-order valence-electron chi connectivity index (χ3n) is 2.28. The maximum absolute atomic E-state index is 11.5. The number of phenolic OH excluding ortho intramolecular Hbond substituents is 1. The van der Waals surface area contributed by atoms with Crippen molar-refractivity contribution < 1.29 is 9.90 Å². The number of hydrogen-bond donors (Lipinski definition) is 3. The highest BCUT2D eigenvalue weighted by Crippen LogP contribution is 2.09. The standard InChI is InChI=1S/C11H12N4O2/c16-9-3-1-8(2-4-9)5-6-12-11(17)10-7-13-15-14-10/h1-4,7,16H,5-6H2,(H,12,17)(H,13,14,15). The third-order valence-corrected chi connectivity index (χ3v) is 2.28. The number of amides is 1. The summed E-state index contributed by atoms with van der Waals surface area (Å²) in [5.41, 5.74) is 1.32. The summed E-state index contributed by atoms with van der Waals surface area (Å²) in [5.74, 6) is -0.0158. The van der Waals surface area contributed by atoms with Crippen LogP contribution in [0.25, 0.3) is 0 Å². The molecule has 0 aliphatic heterocycles. The van der Waals surface area contributed by atoms with Gasteiger partial charge < -0.3 is 10.4 Å². The lowest BCUT2D eigenvalue weighted by atomic mass is 10.1. The summed E-state index contributed by atoms with van der Waals surface area (Å²) < 4.78 is 0. The molecule has 0 unspecified atom stereocenters. The molecule has 0 radical (unpaired) electrons. The van der Waals surface area contributed by atoms with E-state index in [1.54, 1.807) is 12.1 Å². The molecule has 0 spiro atoms. The van der Waals surface area contributed by atoms with Crippen LogP contribution in [0.15, 0.2) is 30.5 Å². The van der Waals surface area contributed by atoms with E-state index in [2.05, 4.69) is 20.7 Å². The van der Waals surface area contributed by atoms with E-state index in [1.807, 2.05) is 12.1 Å². The average molecular weight is 232 g/mol. The van der Waals surface area contributed by atoms with Crippen molar-refractivity contribution in [3.8, 4) is 5.75 Å². The van der Waals surface area contributed by atoms with E-state index in [9.17, 15) is 4.79 Å². The number of benzene rings is 1. The molecule has 0 saturated carbocycles. The maximum Gasteiger partial charge on any atom is 0.273 e. The second-order valence-electron chi connectivity index (χ2n) is 3.53. The van der Waals surface area contributed by atoms with Gasteiger partial charge in [0, 0.05) is 6.54 Å². The number of phenols is 1. The molecule has 2 rings (SSSR count). The molecule has 1 aromatic heterocycles. The quantitative estimate of drug-likeness (QED) is 0.715. The Balaban J connectivity index is 1.80. The number of aromatic hydroxyl groups is 1. The van der Waals surface area contributed by atoms with Gasteiger partial charge in [-0.05, 0) is 24.1 Å². The van der Waals surface area contributed by atoms with Gasteiger partial charge in [0.2, 0.25) is 0 Å². The summed E-state index contributed by atoms with van der Waals surface area (Å²) in [5, 5.41) is 21.4. The van der Waals surface area contributed by atoms with E-state index in [1.165, 1.54) is 6.20 Å². The van der Waals surface area contributed by atoms with Gasteiger partial charge in [-0.15, -0.1) is 0 Å². The second kappa shape index (κ2) is 5.11. The van der Waals surface area contributed by atoms with Gasteiger partial charge in [-0.3, -0.25) is 4.79 Å². The molecule has 2 aromatic rings. The minimum absolute atomic E-state index is 0.236. The Labute approximate surface area is 97.7 Å². The molecule has 6 nitrogen and oxygen atoms in total. The van der Waals surface area contributed by atoms with Gasteiger partial charge in [-0.25, -0.2) is 0 Å². The third kappa shape index (κ3) is 3.04. The van der Waals surface area contributed by atoms with Crippen molar-refractivity contribution >= 4 is 5.91 Å². The number of carbonyl (C=O) groups excluding carboxylic acids is 1. The summed E-state index contributed by atoms with van der Waals surface area (Å²) >= 11 is 0. The normalized spacial score (nSPS) is 10.1. The topological polar surface area (TPSA) is 90.9 Å². The van der Waals surface area contributed by atoms with Crippen molar-refractivity contribution in [2.24, 2.45) is 0 Å². The van der Waals surface area contributed by atoms with Crippen LogP contribution in [0.5, 0.6) is 5.75 Å². The fourth-order valence-electron chi connectivity index (χ4n) is 1.38. The molecule has 1 heterocycles. The zero-order chi connectivity index (χ0) is 12.1. The van der Waals surface area contributed by atoms with Crippen LogP contribution in [-0.4, -0.2) is 33.0 Å². The first kappa shape index (κ1) is 11.1. The highest BCUT2D eigenvalue weighted by atomic mass is 16.3. The predicted molar refractivity (Wildman–Crippen MR) is 60.5 cm³/mol. The molecule has 0 aliphatic rings. The molecule has 0 bridgehead atoms. The lowest BCUT2D eigenvalue weighted by Crippen LogP contribution is -2.26. The Morgan fingerprint density at radius 1 is 1.35 bits per heavy atom. The number of rotatable bonds is 4. The van der Waals surface area contributed by atoms with Crippen LogP contribution < -0.4 is 5.32 Å². The van der Waals surface area contributed by atoms with E-state index >= 15 is 0 Å². The van der Waals surface area contributed by atoms with Crippen LogP contribution in [0.1, 0.15) is 16.1 Å². The molecule has 0 atom stereocenters. The van der Waals surface area contributed by atoms with Crippen LogP contribution in [0.3, 0.4) is 0 Å². The molecule has 3 N–H and O–H groups in total. The maximum atomic E-state index is 11.5. The molecular formula is C11H12N4O2. The van der Waals surface area contributed by atoms with E-state index in [-0.39, 0.29) is 17.4 Å². The number of nitrogens with zero attached hydrogens (tertiary/aromatic N) is 2. The first-order valence-corrected chi connectivity index (χ1v) is 5.17. The lowest BCUT2D eigenvalue weighted by Gasteiger charge is -2.03. The zero-order valence-corrected chi connectivity index (χ0v) is 9.05. The number of nitrogens with one attached hydrogen (secondary N) is 2. The molecule has 0 aliphatic carbocycles. The zero-order valence-electron chi connectivity index (χ0n) is 9.05. The van der Waals surface area contributed by atoms with Gasteiger partial charge in [0.1, 0.15) is 5.75 Å². The monoisotopic (exact) mass is 232 g/mol. The van der Waals surface area contributed by atoms with Crippen molar-refractivity contribution in [2.75, 3.05) is 6.54 Å². The molecule has 88 valence electrons. The van der Waals surface area contributed by atoms with Crippen LogP contribution in [-0.2, 0) is 6.42 Å². The van der Waals surface area contributed by atoms with Gasteiger partial charge in [-0.2, -0.15) is 15.4 Å². The Morgan fingerprint density at radius 2 is 2.12 bits per heavy atom. The van der Waals surface area contributed by atoms with Gasteiger partial charge in [-0.1, -0.05) is 12.1 Å². The van der Waals surface area contributed by atoms with Crippen molar-refractivity contribution in [2.45, 2.75) is 6.42 Å². The molecule has 6 heteroatoms. The van der Waals surface area contributed by atoms with Crippen molar-refractivity contribution in [1.82, 2.24) is 20.7 Å². The van der Waals surface area contributed by atoms with Crippen LogP contribution >= 0.6 is 0 Å². The fraction of sp³-hybridized carbons (Fsp3) is 0.182. The van der Waals surface area contributed by atoms with Gasteiger partial charge in [0.15, 0.2) is 5.69 Å². The fourth-order valence-corrected chi connectivity index (χ4v) is 1.38. The smallest absolute Gasteiger partial charge is 0.273 e. The summed E-state index contributed by atoms with van der Waals surface area (Å²) in [6, 6.07) is 6.87. The highest BCUT2D eigenvalue weighted by molar-refractivity contribution is 5.91. The Kier molecular flexibility index (Phi) is 3.34. The van der Waals surface area contributed by atoms with Crippen molar-refractivity contribution in [1.29, 1.82) is 0 Å². The minimum Gasteiger partial charge on any atom is -0.508 e. The molecule has 1 amide bonds. The van der Waals surface area contributed by atoms with E-state index in [0.717, 1.165) is 5.56 Å². The average Bonchev–Trinajstić information content (AvgIpc) is 2.85. The number of aromatic amines is 1. The summed E-state index contributed by atoms with van der Waals surface area (Å²) in [4.78, 5) is 11.5. The molecule has 0 fully saturated rings. The Morgan fingerprint density at radius 3 is 2.76 bits per heavy atom. The molecular weight excluding hydrogens is 220 g/mol. The van der Waals surface area contributed by atoms with Crippen LogP contribution in [0.2, 0.25) is 0 Å². The number of hydrogen-bond acceptors (Lipinski definition) is 4. The SMILES string of the molecule is O=C(NCCc1ccc(O)cc1)c1cn[nH]n1. The lowest BCUT2D eigenvalue weighted by molar-refractivity contribution is 0.0949. The van der Waals surface area contributed by atoms with E-state index in [4.69, 9.17) is 5.11 Å². The number of aromatic nitrogens is 3. The van der Waals surface area contributed by atoms with Crippen molar-refractivity contribution in [3.63, 3.8) is 0 Å². The van der Waals surface area contributed by atoms with Gasteiger partial charge in [0.25, 0.3) is 5.91 Å². The first-order valence-electron chi connectivity index (χ1n) is 5.17. The highest BCUT2D eigenvalue weighted by Gasteiger charge is 2.06. The van der Waals surface area contributed by atoms with E-state index < -0.39 is 0 Å². The predicted octanol–water partition coefficient (Wildman–Crippen LogP) is 0.483. The summed E-state index contributed by atoms with van der Waals surface area (Å²) in [6.45, 7) is 0.510. The van der Waals surface area contributed by atoms with Crippen LogP contribution in [0.4, 0.5) is 0 Å². The summed E-state index contributed by atoms with van der Waals surface area (Å²) in [6.07, 6.45) is 2.07. The largest absolute Gasteiger partial charge is 0.508 e.